The van der Waals surface area contributed by atoms with E-state index in [1.807, 2.05) is 48.3 Å². The van der Waals surface area contributed by atoms with Crippen LogP contribution in [-0.2, 0) is 17.6 Å². The van der Waals surface area contributed by atoms with Gasteiger partial charge in [-0.25, -0.2) is 0 Å². The monoisotopic (exact) mass is 338 g/mol. The minimum atomic E-state index is 0.0744. The fourth-order valence-corrected chi connectivity index (χ4v) is 3.79. The maximum absolute atomic E-state index is 12.9. The molecule has 0 spiro atoms. The number of nitrogens with two attached hydrogens (primary N) is 1. The van der Waals surface area contributed by atoms with E-state index in [2.05, 4.69) is 13.0 Å². The van der Waals surface area contributed by atoms with Gasteiger partial charge in [0.25, 0.3) is 0 Å². The maximum Gasteiger partial charge on any atom is 0.227 e. The summed E-state index contributed by atoms with van der Waals surface area (Å²) in [5, 5.41) is 0. The third kappa shape index (κ3) is 3.63. The molecule has 1 aliphatic carbocycles. The molecule has 4 heteroatoms. The second kappa shape index (κ2) is 7.18. The van der Waals surface area contributed by atoms with Crippen molar-refractivity contribution < 1.29 is 9.53 Å². The first-order valence-corrected chi connectivity index (χ1v) is 8.76. The Labute approximate surface area is 149 Å². The molecule has 0 aromatic heterocycles. The number of amides is 1. The largest absolute Gasteiger partial charge is 0.497 e. The van der Waals surface area contributed by atoms with Crippen LogP contribution in [0.25, 0.3) is 0 Å². The molecular weight excluding hydrogens is 312 g/mol. The number of methoxy groups -OCH3 is 1. The number of rotatable bonds is 4. The van der Waals surface area contributed by atoms with E-state index < -0.39 is 0 Å². The van der Waals surface area contributed by atoms with Crippen molar-refractivity contribution in [1.82, 2.24) is 4.90 Å². The predicted octanol–water partition coefficient (Wildman–Crippen LogP) is 3.60. The summed E-state index contributed by atoms with van der Waals surface area (Å²) >= 11 is 0. The Bertz CT molecular complexity index is 772. The van der Waals surface area contributed by atoms with E-state index in [9.17, 15) is 4.79 Å². The van der Waals surface area contributed by atoms with Crippen molar-refractivity contribution in [1.29, 1.82) is 0 Å². The van der Waals surface area contributed by atoms with E-state index in [4.69, 9.17) is 10.5 Å². The van der Waals surface area contributed by atoms with E-state index in [1.165, 1.54) is 11.1 Å². The molecule has 0 saturated heterocycles. The van der Waals surface area contributed by atoms with Crippen molar-refractivity contribution in [2.75, 3.05) is 19.9 Å². The molecule has 25 heavy (non-hydrogen) atoms. The molecule has 0 heterocycles. The quantitative estimate of drug-likeness (QED) is 0.867. The second-order valence-corrected chi connectivity index (χ2v) is 6.95. The molecule has 0 bridgehead atoms. The smallest absolute Gasteiger partial charge is 0.227 e. The number of nitrogens with zero attached hydrogens (tertiary/aromatic N) is 1. The fraction of sp³-hybridized carbons (Fsp3) is 0.381. The molecule has 2 aromatic carbocycles. The van der Waals surface area contributed by atoms with Crippen LogP contribution in [0.2, 0.25) is 0 Å². The predicted molar refractivity (Wildman–Crippen MR) is 101 cm³/mol. The van der Waals surface area contributed by atoms with Gasteiger partial charge < -0.3 is 15.4 Å². The SMILES string of the molecule is COc1cccc(CC(=O)N(C)[C@@H]2c3cc(N)ccc3CC[C@H]2C)c1. The number of fused-ring (bicyclic) bond motifs is 1. The van der Waals surface area contributed by atoms with Gasteiger partial charge in [-0.05, 0) is 59.7 Å². The molecule has 0 unspecified atom stereocenters. The lowest BCUT2D eigenvalue weighted by Crippen LogP contribution is -2.38. The van der Waals surface area contributed by atoms with Crippen LogP contribution < -0.4 is 10.5 Å². The van der Waals surface area contributed by atoms with Gasteiger partial charge in [0, 0.05) is 12.7 Å². The van der Waals surface area contributed by atoms with Gasteiger partial charge >= 0.3 is 0 Å². The molecule has 3 rings (SSSR count). The first-order valence-electron chi connectivity index (χ1n) is 8.76. The molecule has 4 nitrogen and oxygen atoms in total. The minimum absolute atomic E-state index is 0.0744. The number of ether oxygens (including phenoxy) is 1. The van der Waals surface area contributed by atoms with Crippen molar-refractivity contribution in [2.24, 2.45) is 5.92 Å². The van der Waals surface area contributed by atoms with E-state index in [0.717, 1.165) is 29.8 Å². The lowest BCUT2D eigenvalue weighted by molar-refractivity contribution is -0.132. The van der Waals surface area contributed by atoms with Gasteiger partial charge in [0.2, 0.25) is 5.91 Å². The van der Waals surface area contributed by atoms with Gasteiger partial charge in [-0.1, -0.05) is 25.1 Å². The Balaban J connectivity index is 1.83. The minimum Gasteiger partial charge on any atom is -0.497 e. The highest BCUT2D eigenvalue weighted by atomic mass is 16.5. The highest BCUT2D eigenvalue weighted by Gasteiger charge is 2.32. The number of hydrogen-bond acceptors (Lipinski definition) is 3. The summed E-state index contributed by atoms with van der Waals surface area (Å²) < 4.78 is 5.25. The van der Waals surface area contributed by atoms with Crippen LogP contribution in [0.15, 0.2) is 42.5 Å². The van der Waals surface area contributed by atoms with Crippen LogP contribution in [-0.4, -0.2) is 25.0 Å². The van der Waals surface area contributed by atoms with Gasteiger partial charge in [0.05, 0.1) is 19.6 Å². The first-order chi connectivity index (χ1) is 12.0. The Morgan fingerprint density at radius 2 is 2.08 bits per heavy atom. The molecule has 0 aliphatic heterocycles. The topological polar surface area (TPSA) is 55.6 Å². The zero-order chi connectivity index (χ0) is 18.0. The number of likely N-dealkylation sites (N-methyl/N-ethyl adjacent to an activating group) is 1. The molecule has 1 aliphatic rings. The molecule has 0 radical (unpaired) electrons. The third-order valence-electron chi connectivity index (χ3n) is 5.20. The maximum atomic E-state index is 12.9. The summed E-state index contributed by atoms with van der Waals surface area (Å²) in [6, 6.07) is 13.8. The van der Waals surface area contributed by atoms with Gasteiger partial charge in [-0.2, -0.15) is 0 Å². The molecule has 0 saturated carbocycles. The summed E-state index contributed by atoms with van der Waals surface area (Å²) in [5.41, 5.74) is 10.2. The normalized spacial score (nSPS) is 19.2. The molecule has 2 atom stereocenters. The molecule has 132 valence electrons. The van der Waals surface area contributed by atoms with Crippen molar-refractivity contribution in [3.05, 3.63) is 59.2 Å². The molecule has 2 aromatic rings. The zero-order valence-electron chi connectivity index (χ0n) is 15.2. The first kappa shape index (κ1) is 17.3. The number of anilines is 1. The highest BCUT2D eigenvalue weighted by molar-refractivity contribution is 5.79. The lowest BCUT2D eigenvalue weighted by Gasteiger charge is -2.38. The Morgan fingerprint density at radius 1 is 1.28 bits per heavy atom. The van der Waals surface area contributed by atoms with Crippen molar-refractivity contribution in [2.45, 2.75) is 32.2 Å². The lowest BCUT2D eigenvalue weighted by atomic mass is 9.79. The molecule has 0 fully saturated rings. The van der Waals surface area contributed by atoms with Crippen molar-refractivity contribution in [3.63, 3.8) is 0 Å². The van der Waals surface area contributed by atoms with Crippen LogP contribution in [0.5, 0.6) is 5.75 Å². The molecule has 2 N–H and O–H groups in total. The van der Waals surface area contributed by atoms with Crippen molar-refractivity contribution >= 4 is 11.6 Å². The molecule has 1 amide bonds. The summed E-state index contributed by atoms with van der Waals surface area (Å²) in [6.07, 6.45) is 2.50. The van der Waals surface area contributed by atoms with Gasteiger partial charge in [-0.3, -0.25) is 4.79 Å². The van der Waals surface area contributed by atoms with Crippen LogP contribution in [0.3, 0.4) is 0 Å². The van der Waals surface area contributed by atoms with Crippen LogP contribution in [0.4, 0.5) is 5.69 Å². The fourth-order valence-electron chi connectivity index (χ4n) is 3.79. The van der Waals surface area contributed by atoms with Gasteiger partial charge in [0.15, 0.2) is 0 Å². The number of carbonyl (C=O) groups excluding carboxylic acids is 1. The third-order valence-corrected chi connectivity index (χ3v) is 5.20. The van der Waals surface area contributed by atoms with Crippen LogP contribution >= 0.6 is 0 Å². The Morgan fingerprint density at radius 3 is 2.84 bits per heavy atom. The van der Waals surface area contributed by atoms with E-state index in [-0.39, 0.29) is 11.9 Å². The van der Waals surface area contributed by atoms with Gasteiger partial charge in [-0.15, -0.1) is 0 Å². The summed E-state index contributed by atoms with van der Waals surface area (Å²) in [6.45, 7) is 2.21. The number of hydrogen-bond donors (Lipinski definition) is 1. The second-order valence-electron chi connectivity index (χ2n) is 6.95. The highest BCUT2D eigenvalue weighted by Crippen LogP contribution is 2.39. The Kier molecular flexibility index (Phi) is 4.98. The van der Waals surface area contributed by atoms with Crippen LogP contribution in [0, 0.1) is 5.92 Å². The summed E-state index contributed by atoms with van der Waals surface area (Å²) in [5.74, 6) is 1.30. The van der Waals surface area contributed by atoms with Gasteiger partial charge in [0.1, 0.15) is 5.75 Å². The molecular formula is C21H26N2O2. The average molecular weight is 338 g/mol. The zero-order valence-corrected chi connectivity index (χ0v) is 15.2. The van der Waals surface area contributed by atoms with E-state index >= 15 is 0 Å². The number of nitrogen functional groups attached to an aromatic ring is 1. The Hall–Kier alpha value is -2.49. The van der Waals surface area contributed by atoms with E-state index in [0.29, 0.717) is 12.3 Å². The van der Waals surface area contributed by atoms with Crippen molar-refractivity contribution in [3.8, 4) is 5.75 Å². The van der Waals surface area contributed by atoms with Crippen LogP contribution in [0.1, 0.15) is 36.1 Å². The summed E-state index contributed by atoms with van der Waals surface area (Å²) in [7, 11) is 3.54. The van der Waals surface area contributed by atoms with E-state index in [1.54, 1.807) is 7.11 Å². The standard InChI is InChI=1S/C21H26N2O2/c1-14-7-8-16-9-10-17(22)13-19(16)21(14)23(2)20(24)12-15-5-4-6-18(11-15)25-3/h4-6,9-11,13-14,21H,7-8,12,22H2,1-3H3/t14-,21+/m1/s1. The summed E-state index contributed by atoms with van der Waals surface area (Å²) in [4.78, 5) is 14.8. The number of aryl methyl sites for hydroxylation is 1. The average Bonchev–Trinajstić information content (AvgIpc) is 2.61. The number of carbonyl (C=O) groups is 1. The number of benzene rings is 2.